The van der Waals surface area contributed by atoms with Gasteiger partial charge in [0.25, 0.3) is 5.91 Å². The SMILES string of the molecule is Nc1nc(-c2ccc3c(c2)CN(C2CCC(=O)NC2=O)C3=O)nc2nc[nH]c12. The number of nitrogens with zero attached hydrogens (tertiary/aromatic N) is 4. The number of nitrogens with two attached hydrogens (primary N) is 1. The van der Waals surface area contributed by atoms with E-state index >= 15 is 0 Å². The molecule has 2 aliphatic heterocycles. The zero-order valence-electron chi connectivity index (χ0n) is 14.6. The number of aromatic nitrogens is 4. The molecule has 1 unspecified atom stereocenters. The van der Waals surface area contributed by atoms with Gasteiger partial charge >= 0.3 is 0 Å². The van der Waals surface area contributed by atoms with Crippen LogP contribution in [0.2, 0.25) is 0 Å². The van der Waals surface area contributed by atoms with E-state index in [2.05, 4.69) is 25.3 Å². The minimum Gasteiger partial charge on any atom is -0.382 e. The van der Waals surface area contributed by atoms with Crippen LogP contribution in [0.15, 0.2) is 24.5 Å². The number of carbonyl (C=O) groups is 3. The number of carbonyl (C=O) groups excluding carboxylic acids is 3. The quantitative estimate of drug-likeness (QED) is 0.546. The number of aromatic amines is 1. The first-order valence-corrected chi connectivity index (χ1v) is 8.76. The Bertz CT molecular complexity index is 1170. The average Bonchev–Trinajstić information content (AvgIpc) is 3.27. The van der Waals surface area contributed by atoms with Crippen LogP contribution in [0.1, 0.15) is 28.8 Å². The number of anilines is 1. The van der Waals surface area contributed by atoms with E-state index < -0.39 is 11.9 Å². The minimum absolute atomic E-state index is 0.221. The second-order valence-corrected chi connectivity index (χ2v) is 6.81. The van der Waals surface area contributed by atoms with Gasteiger partial charge in [-0.05, 0) is 24.1 Å². The number of hydrogen-bond donors (Lipinski definition) is 3. The van der Waals surface area contributed by atoms with Crippen LogP contribution >= 0.6 is 0 Å². The number of rotatable bonds is 2. The molecule has 10 heteroatoms. The van der Waals surface area contributed by atoms with Gasteiger partial charge in [0.2, 0.25) is 11.8 Å². The standard InChI is InChI=1S/C18H15N7O3/c19-14-13-16(21-7-20-13)24-15(23-14)8-1-2-10-9(5-8)6-25(18(10)28)11-3-4-12(26)22-17(11)27/h1-2,5,7,11H,3-4,6H2,(H,22,26,27)(H3,19,20,21,23,24). The summed E-state index contributed by atoms with van der Waals surface area (Å²) in [6.45, 7) is 0.286. The Balaban J connectivity index is 1.48. The highest BCUT2D eigenvalue weighted by molar-refractivity contribution is 6.05. The molecule has 4 heterocycles. The van der Waals surface area contributed by atoms with Crippen LogP contribution in [0, 0.1) is 0 Å². The number of imide groups is 1. The van der Waals surface area contributed by atoms with Crippen LogP contribution in [-0.2, 0) is 16.1 Å². The number of amides is 3. The summed E-state index contributed by atoms with van der Waals surface area (Å²) in [6.07, 6.45) is 2.05. The van der Waals surface area contributed by atoms with Gasteiger partial charge in [0.15, 0.2) is 17.3 Å². The lowest BCUT2D eigenvalue weighted by Crippen LogP contribution is -2.52. The van der Waals surface area contributed by atoms with Crippen LogP contribution in [0.25, 0.3) is 22.6 Å². The molecule has 10 nitrogen and oxygen atoms in total. The van der Waals surface area contributed by atoms with Gasteiger partial charge in [0.1, 0.15) is 11.6 Å². The number of piperidine rings is 1. The van der Waals surface area contributed by atoms with Crippen LogP contribution in [0.4, 0.5) is 5.82 Å². The minimum atomic E-state index is -0.645. The summed E-state index contributed by atoms with van der Waals surface area (Å²) in [7, 11) is 0. The number of imidazole rings is 1. The Morgan fingerprint density at radius 3 is 2.86 bits per heavy atom. The average molecular weight is 377 g/mol. The zero-order valence-corrected chi connectivity index (χ0v) is 14.6. The van der Waals surface area contributed by atoms with E-state index in [0.29, 0.717) is 40.4 Å². The number of hydrogen-bond acceptors (Lipinski definition) is 7. The van der Waals surface area contributed by atoms with Crippen molar-refractivity contribution in [2.75, 3.05) is 5.73 Å². The van der Waals surface area contributed by atoms with Crippen molar-refractivity contribution in [3.05, 3.63) is 35.7 Å². The largest absolute Gasteiger partial charge is 0.382 e. The van der Waals surface area contributed by atoms with Gasteiger partial charge in [-0.3, -0.25) is 19.7 Å². The molecule has 0 aliphatic carbocycles. The van der Waals surface area contributed by atoms with E-state index in [1.165, 1.54) is 11.2 Å². The Labute approximate surface area is 158 Å². The molecular weight excluding hydrogens is 362 g/mol. The zero-order chi connectivity index (χ0) is 19.4. The summed E-state index contributed by atoms with van der Waals surface area (Å²) in [5.41, 5.74) is 9.01. The van der Waals surface area contributed by atoms with Crippen molar-refractivity contribution >= 4 is 34.7 Å². The fourth-order valence-corrected chi connectivity index (χ4v) is 3.70. The van der Waals surface area contributed by atoms with Crippen molar-refractivity contribution in [3.8, 4) is 11.4 Å². The lowest BCUT2D eigenvalue weighted by atomic mass is 10.0. The second kappa shape index (κ2) is 5.84. The van der Waals surface area contributed by atoms with Crippen LogP contribution in [-0.4, -0.2) is 48.6 Å². The number of nitrogens with one attached hydrogen (secondary N) is 2. The third-order valence-electron chi connectivity index (χ3n) is 5.10. The molecule has 5 rings (SSSR count). The molecule has 1 atom stereocenters. The molecule has 0 bridgehead atoms. The Hall–Kier alpha value is -3.82. The van der Waals surface area contributed by atoms with E-state index in [9.17, 15) is 14.4 Å². The van der Waals surface area contributed by atoms with Gasteiger partial charge in [-0.2, -0.15) is 0 Å². The second-order valence-electron chi connectivity index (χ2n) is 6.81. The first-order valence-electron chi connectivity index (χ1n) is 8.76. The molecule has 3 amide bonds. The third kappa shape index (κ3) is 2.42. The fourth-order valence-electron chi connectivity index (χ4n) is 3.70. The van der Waals surface area contributed by atoms with Gasteiger partial charge in [-0.15, -0.1) is 0 Å². The van der Waals surface area contributed by atoms with Gasteiger partial charge in [-0.1, -0.05) is 6.07 Å². The highest BCUT2D eigenvalue weighted by Gasteiger charge is 2.39. The van der Waals surface area contributed by atoms with E-state index in [-0.39, 0.29) is 24.8 Å². The summed E-state index contributed by atoms with van der Waals surface area (Å²) in [6, 6.07) is 4.63. The number of nitrogen functional groups attached to an aromatic ring is 1. The van der Waals surface area contributed by atoms with Crippen molar-refractivity contribution in [2.45, 2.75) is 25.4 Å². The molecule has 1 aromatic carbocycles. The first-order chi connectivity index (χ1) is 13.5. The van der Waals surface area contributed by atoms with Gasteiger partial charge < -0.3 is 15.6 Å². The van der Waals surface area contributed by atoms with E-state index in [1.807, 2.05) is 6.07 Å². The molecule has 1 fully saturated rings. The van der Waals surface area contributed by atoms with E-state index in [0.717, 1.165) is 5.56 Å². The van der Waals surface area contributed by atoms with Crippen molar-refractivity contribution in [3.63, 3.8) is 0 Å². The van der Waals surface area contributed by atoms with E-state index in [4.69, 9.17) is 5.73 Å². The van der Waals surface area contributed by atoms with Crippen molar-refractivity contribution < 1.29 is 14.4 Å². The van der Waals surface area contributed by atoms with Gasteiger partial charge in [0.05, 0.1) is 6.33 Å². The number of benzene rings is 1. The Morgan fingerprint density at radius 1 is 1.18 bits per heavy atom. The van der Waals surface area contributed by atoms with Crippen molar-refractivity contribution in [2.24, 2.45) is 0 Å². The first kappa shape index (κ1) is 16.4. The maximum atomic E-state index is 12.8. The molecule has 0 spiro atoms. The van der Waals surface area contributed by atoms with E-state index in [1.54, 1.807) is 12.1 Å². The molecule has 3 aromatic rings. The highest BCUT2D eigenvalue weighted by Crippen LogP contribution is 2.31. The smallest absolute Gasteiger partial charge is 0.255 e. The summed E-state index contributed by atoms with van der Waals surface area (Å²) in [5, 5.41) is 2.30. The van der Waals surface area contributed by atoms with Gasteiger partial charge in [-0.25, -0.2) is 15.0 Å². The third-order valence-corrected chi connectivity index (χ3v) is 5.10. The topological polar surface area (TPSA) is 147 Å². The normalized spacial score (nSPS) is 19.2. The molecule has 0 saturated carbocycles. The molecule has 2 aromatic heterocycles. The lowest BCUT2D eigenvalue weighted by Gasteiger charge is -2.29. The van der Waals surface area contributed by atoms with Crippen LogP contribution in [0.3, 0.4) is 0 Å². The molecule has 4 N–H and O–H groups in total. The molecule has 28 heavy (non-hydrogen) atoms. The van der Waals surface area contributed by atoms with Crippen molar-refractivity contribution in [1.82, 2.24) is 30.2 Å². The molecule has 0 radical (unpaired) electrons. The van der Waals surface area contributed by atoms with Crippen LogP contribution < -0.4 is 11.1 Å². The fraction of sp³-hybridized carbons (Fsp3) is 0.222. The maximum absolute atomic E-state index is 12.8. The highest BCUT2D eigenvalue weighted by atomic mass is 16.2. The number of H-pyrrole nitrogens is 1. The Kier molecular flexibility index (Phi) is 3.41. The monoisotopic (exact) mass is 377 g/mol. The summed E-state index contributed by atoms with van der Waals surface area (Å²) < 4.78 is 0. The summed E-state index contributed by atoms with van der Waals surface area (Å²) >= 11 is 0. The van der Waals surface area contributed by atoms with Gasteiger partial charge in [0, 0.05) is 24.1 Å². The number of fused-ring (bicyclic) bond motifs is 2. The summed E-state index contributed by atoms with van der Waals surface area (Å²) in [4.78, 5) is 53.5. The predicted octanol–water partition coefficient (Wildman–Crippen LogP) is 0.363. The van der Waals surface area contributed by atoms with Crippen LogP contribution in [0.5, 0.6) is 0 Å². The predicted molar refractivity (Wildman–Crippen MR) is 97.6 cm³/mol. The van der Waals surface area contributed by atoms with Crippen molar-refractivity contribution in [1.29, 1.82) is 0 Å². The molecular formula is C18H15N7O3. The lowest BCUT2D eigenvalue weighted by molar-refractivity contribution is -0.136. The summed E-state index contributed by atoms with van der Waals surface area (Å²) in [5.74, 6) is -0.265. The Morgan fingerprint density at radius 2 is 2.04 bits per heavy atom. The molecule has 140 valence electrons. The molecule has 2 aliphatic rings. The molecule has 1 saturated heterocycles. The maximum Gasteiger partial charge on any atom is 0.255 e.